The van der Waals surface area contributed by atoms with Crippen molar-refractivity contribution in [1.82, 2.24) is 15.0 Å². The van der Waals surface area contributed by atoms with Gasteiger partial charge in [0, 0.05) is 31.8 Å². The van der Waals surface area contributed by atoms with E-state index in [1.807, 2.05) is 18.2 Å². The van der Waals surface area contributed by atoms with Crippen molar-refractivity contribution in [2.24, 2.45) is 0 Å². The highest BCUT2D eigenvalue weighted by molar-refractivity contribution is 7.22. The molecule has 0 spiro atoms. The van der Waals surface area contributed by atoms with Gasteiger partial charge < -0.3 is 0 Å². The highest BCUT2D eigenvalue weighted by Crippen LogP contribution is 2.45. The number of fused-ring (bicyclic) bond motifs is 3. The summed E-state index contributed by atoms with van der Waals surface area (Å²) in [5, 5.41) is 16.7. The molecule has 67 heavy (non-hydrogen) atoms. The highest BCUT2D eigenvalue weighted by atomic mass is 32.1. The monoisotopic (exact) mass is 867 g/mol. The normalized spacial score (nSPS) is 11.9. The van der Waals surface area contributed by atoms with E-state index in [2.05, 4.69) is 206 Å². The average molecular weight is 868 g/mol. The van der Waals surface area contributed by atoms with Crippen LogP contribution in [0.3, 0.4) is 0 Å². The molecule has 14 rings (SSSR count). The Hall–Kier alpha value is -8.57. The Morgan fingerprint density at radius 3 is 1.31 bits per heavy atom. The topological polar surface area (TPSA) is 38.7 Å². The minimum atomic E-state index is 0.638. The molecule has 3 nitrogen and oxygen atoms in total. The number of nitrogens with zero attached hydrogens (tertiary/aromatic N) is 3. The van der Waals surface area contributed by atoms with Crippen molar-refractivity contribution in [2.75, 3.05) is 0 Å². The van der Waals surface area contributed by atoms with Gasteiger partial charge in [-0.1, -0.05) is 200 Å². The summed E-state index contributed by atoms with van der Waals surface area (Å²) in [6.45, 7) is 0. The van der Waals surface area contributed by atoms with Crippen LogP contribution in [0.4, 0.5) is 0 Å². The van der Waals surface area contributed by atoms with Crippen LogP contribution >= 0.6 is 11.3 Å². The summed E-state index contributed by atoms with van der Waals surface area (Å²) in [6.07, 6.45) is 0. The van der Waals surface area contributed by atoms with Gasteiger partial charge in [0.15, 0.2) is 17.5 Å². The van der Waals surface area contributed by atoms with Crippen LogP contribution < -0.4 is 0 Å². The van der Waals surface area contributed by atoms with Crippen LogP contribution in [-0.4, -0.2) is 15.0 Å². The van der Waals surface area contributed by atoms with Crippen LogP contribution in [0.25, 0.3) is 142 Å². The molecule has 0 saturated heterocycles. The van der Waals surface area contributed by atoms with Crippen molar-refractivity contribution in [2.45, 2.75) is 0 Å². The van der Waals surface area contributed by atoms with Crippen LogP contribution in [0.1, 0.15) is 0 Å². The maximum absolute atomic E-state index is 5.17. The highest BCUT2D eigenvalue weighted by Gasteiger charge is 2.19. The first kappa shape index (κ1) is 37.8. The third-order valence-corrected chi connectivity index (χ3v) is 14.8. The number of aromatic nitrogens is 3. The maximum Gasteiger partial charge on any atom is 0.164 e. The Balaban J connectivity index is 0.857. The summed E-state index contributed by atoms with van der Waals surface area (Å²) in [6, 6.07) is 81.3. The fourth-order valence-corrected chi connectivity index (χ4v) is 11.6. The zero-order valence-electron chi connectivity index (χ0n) is 36.1. The van der Waals surface area contributed by atoms with Gasteiger partial charge in [-0.3, -0.25) is 0 Å². The largest absolute Gasteiger partial charge is 0.208 e. The predicted octanol–water partition coefficient (Wildman–Crippen LogP) is 17.4. The van der Waals surface area contributed by atoms with E-state index in [1.165, 1.54) is 90.7 Å². The number of thiophene rings is 1. The summed E-state index contributed by atoms with van der Waals surface area (Å²) in [7, 11) is 0. The lowest BCUT2D eigenvalue weighted by Crippen LogP contribution is -2.01. The molecule has 2 aromatic heterocycles. The molecule has 0 aliphatic carbocycles. The molecule has 0 bridgehead atoms. The molecule has 0 saturated carbocycles. The Bertz CT molecular complexity index is 4210. The summed E-state index contributed by atoms with van der Waals surface area (Å²) in [4.78, 5) is 16.5. The SMILES string of the molecule is c1ccc(-c2nc(-c3ccc(-c4ccc(-c5cc6ccc7cccc8c9cccc%10ccc%11cccc(c(c5)c6c78)c%11c%109)cc4)cc3)nc(-c3ccccc3-c3cc4ccccc4s3)n2)cc1. The minimum Gasteiger partial charge on any atom is -0.208 e. The lowest BCUT2D eigenvalue weighted by atomic mass is 9.86. The Labute approximate surface area is 390 Å². The zero-order valence-corrected chi connectivity index (χ0v) is 36.9. The van der Waals surface area contributed by atoms with Gasteiger partial charge in [-0.2, -0.15) is 0 Å². The van der Waals surface area contributed by atoms with Gasteiger partial charge in [-0.05, 0) is 117 Å². The van der Waals surface area contributed by atoms with Crippen molar-refractivity contribution in [1.29, 1.82) is 0 Å². The third-order valence-electron chi connectivity index (χ3n) is 13.6. The summed E-state index contributed by atoms with van der Waals surface area (Å²) in [5.41, 5.74) is 8.62. The van der Waals surface area contributed by atoms with Crippen molar-refractivity contribution in [3.05, 3.63) is 224 Å². The van der Waals surface area contributed by atoms with Crippen LogP contribution in [0, 0.1) is 0 Å². The molecule has 0 amide bonds. The van der Waals surface area contributed by atoms with E-state index in [9.17, 15) is 0 Å². The van der Waals surface area contributed by atoms with Crippen molar-refractivity contribution < 1.29 is 0 Å². The lowest BCUT2D eigenvalue weighted by Gasteiger charge is -2.17. The van der Waals surface area contributed by atoms with E-state index in [4.69, 9.17) is 15.0 Å². The molecule has 0 fully saturated rings. The molecular formula is C63H37N3S. The van der Waals surface area contributed by atoms with Crippen molar-refractivity contribution in [3.8, 4) is 66.9 Å². The van der Waals surface area contributed by atoms with Crippen LogP contribution in [0.5, 0.6) is 0 Å². The molecule has 310 valence electrons. The molecule has 0 radical (unpaired) electrons. The van der Waals surface area contributed by atoms with Crippen LogP contribution in [-0.2, 0) is 0 Å². The van der Waals surface area contributed by atoms with E-state index < -0.39 is 0 Å². The zero-order chi connectivity index (χ0) is 44.0. The quantitative estimate of drug-likeness (QED) is 0.156. The molecular weight excluding hydrogens is 831 g/mol. The summed E-state index contributed by atoms with van der Waals surface area (Å²) < 4.78 is 1.26. The second kappa shape index (κ2) is 15.0. The van der Waals surface area contributed by atoms with E-state index in [0.717, 1.165) is 33.4 Å². The molecule has 14 aromatic rings. The van der Waals surface area contributed by atoms with E-state index >= 15 is 0 Å². The Morgan fingerprint density at radius 1 is 0.254 bits per heavy atom. The maximum atomic E-state index is 5.17. The lowest BCUT2D eigenvalue weighted by molar-refractivity contribution is 1.07. The van der Waals surface area contributed by atoms with E-state index in [0.29, 0.717) is 17.5 Å². The second-order valence-corrected chi connectivity index (χ2v) is 18.6. The molecule has 0 aliphatic rings. The first-order chi connectivity index (χ1) is 33.2. The second-order valence-electron chi connectivity index (χ2n) is 17.5. The van der Waals surface area contributed by atoms with Crippen LogP contribution in [0.15, 0.2) is 224 Å². The average Bonchev–Trinajstić information content (AvgIpc) is 3.84. The fraction of sp³-hybridized carbons (Fsp3) is 0. The van der Waals surface area contributed by atoms with Gasteiger partial charge in [0.1, 0.15) is 0 Å². The molecule has 0 unspecified atom stereocenters. The fourth-order valence-electron chi connectivity index (χ4n) is 10.5. The van der Waals surface area contributed by atoms with Gasteiger partial charge in [-0.15, -0.1) is 11.3 Å². The van der Waals surface area contributed by atoms with Gasteiger partial charge in [0.05, 0.1) is 0 Å². The predicted molar refractivity (Wildman–Crippen MR) is 284 cm³/mol. The minimum absolute atomic E-state index is 0.638. The van der Waals surface area contributed by atoms with E-state index in [1.54, 1.807) is 11.3 Å². The van der Waals surface area contributed by atoms with E-state index in [-0.39, 0.29) is 0 Å². The van der Waals surface area contributed by atoms with Crippen LogP contribution in [0.2, 0.25) is 0 Å². The molecule has 2 heterocycles. The van der Waals surface area contributed by atoms with Gasteiger partial charge in [0.2, 0.25) is 0 Å². The summed E-state index contributed by atoms with van der Waals surface area (Å²) >= 11 is 1.79. The van der Waals surface area contributed by atoms with Gasteiger partial charge >= 0.3 is 0 Å². The Morgan fingerprint density at radius 2 is 0.701 bits per heavy atom. The first-order valence-electron chi connectivity index (χ1n) is 22.7. The summed E-state index contributed by atoms with van der Waals surface area (Å²) in [5.74, 6) is 1.93. The van der Waals surface area contributed by atoms with Gasteiger partial charge in [0.25, 0.3) is 0 Å². The van der Waals surface area contributed by atoms with Crippen molar-refractivity contribution in [3.63, 3.8) is 0 Å². The molecule has 12 aromatic carbocycles. The number of hydrogen-bond acceptors (Lipinski definition) is 4. The van der Waals surface area contributed by atoms with Gasteiger partial charge in [-0.25, -0.2) is 15.0 Å². The third kappa shape index (κ3) is 6.15. The molecule has 0 atom stereocenters. The molecule has 0 aliphatic heterocycles. The number of benzene rings is 11. The standard InChI is InChI=1S/C63H37N3S/c1-2-11-44(12-3-1)61-64-62(66-63(65-61)53-18-6-5-17-49(53)56-37-46-13-4-7-22-55(46)67-56)45-32-27-39(28-33-45)38-23-25-40(26-24-38)48-35-47-34-31-43-15-9-20-51-50-19-8-14-41-29-30-42-16-10-21-52(59(42)57(41)50)54(36-48)60(47)58(43)51/h1-37H. The smallest absolute Gasteiger partial charge is 0.164 e. The molecule has 4 heteroatoms. The van der Waals surface area contributed by atoms with Crippen molar-refractivity contribution >= 4 is 86.1 Å². The first-order valence-corrected chi connectivity index (χ1v) is 23.6. The number of rotatable bonds is 6. The molecule has 0 N–H and O–H groups in total. The number of hydrogen-bond donors (Lipinski definition) is 0. The Kier molecular flexibility index (Phi) is 8.45.